The van der Waals surface area contributed by atoms with Crippen LogP contribution >= 0.6 is 19.2 Å². The van der Waals surface area contributed by atoms with Gasteiger partial charge in [-0.15, -0.1) is 5.10 Å². The molecule has 2 aromatic rings. The normalized spacial score (nSPS) is 11.7. The average Bonchev–Trinajstić information content (AvgIpc) is 2.82. The Morgan fingerprint density at radius 2 is 2.33 bits per heavy atom. The number of hydrogen-bond acceptors (Lipinski definition) is 6. The summed E-state index contributed by atoms with van der Waals surface area (Å²) in [6, 6.07) is 1.86. The van der Waals surface area contributed by atoms with E-state index in [1.54, 1.807) is 6.20 Å². The molecule has 0 aliphatic rings. The number of hydrogen-bond donors (Lipinski definition) is 3. The summed E-state index contributed by atoms with van der Waals surface area (Å²) in [6.07, 6.45) is 1.33. The summed E-state index contributed by atoms with van der Waals surface area (Å²) in [4.78, 5) is 17.0. The first kappa shape index (κ1) is 13.4. The van der Waals surface area contributed by atoms with Crippen LogP contribution in [0.2, 0.25) is 0 Å². The standard InChI is InChI=1S/C7H9BN3O5PS/c12-8(16-17(13,14)15)5-11-3-7(9-10-11)6-1-2-18-4-6/h1-4,12H,5H2,(H2,13,14,15). The summed E-state index contributed by atoms with van der Waals surface area (Å²) in [5.41, 5.74) is 1.50. The first-order valence-corrected chi connectivity index (χ1v) is 7.26. The molecule has 0 radical (unpaired) electrons. The van der Waals surface area contributed by atoms with Gasteiger partial charge in [-0.25, -0.2) is 4.57 Å². The van der Waals surface area contributed by atoms with Crippen LogP contribution in [0.5, 0.6) is 0 Å². The molecule has 8 nitrogen and oxygen atoms in total. The monoisotopic (exact) mass is 289 g/mol. The van der Waals surface area contributed by atoms with Crippen molar-refractivity contribution in [3.63, 3.8) is 0 Å². The van der Waals surface area contributed by atoms with E-state index in [1.165, 1.54) is 16.0 Å². The molecule has 0 amide bonds. The van der Waals surface area contributed by atoms with E-state index in [0.29, 0.717) is 5.69 Å². The summed E-state index contributed by atoms with van der Waals surface area (Å²) < 4.78 is 15.8. The molecule has 2 heterocycles. The molecular formula is C7H9BN3O5PS. The Balaban J connectivity index is 2.01. The zero-order chi connectivity index (χ0) is 13.2. The summed E-state index contributed by atoms with van der Waals surface area (Å²) >= 11 is 1.51. The second kappa shape index (κ2) is 5.31. The first-order valence-electron chi connectivity index (χ1n) is 4.79. The summed E-state index contributed by atoms with van der Waals surface area (Å²) in [5.74, 6) is 0. The molecule has 11 heteroatoms. The van der Waals surface area contributed by atoms with Gasteiger partial charge < -0.3 is 19.3 Å². The quantitative estimate of drug-likeness (QED) is 0.529. The van der Waals surface area contributed by atoms with Gasteiger partial charge in [-0.3, -0.25) is 4.68 Å². The van der Waals surface area contributed by atoms with Gasteiger partial charge in [-0.2, -0.15) is 11.3 Å². The third kappa shape index (κ3) is 3.74. The molecule has 96 valence electrons. The van der Waals surface area contributed by atoms with Crippen molar-refractivity contribution < 1.29 is 23.8 Å². The molecule has 0 aromatic carbocycles. The van der Waals surface area contributed by atoms with E-state index in [9.17, 15) is 9.59 Å². The number of rotatable bonds is 5. The fourth-order valence-electron chi connectivity index (χ4n) is 1.28. The maximum Gasteiger partial charge on any atom is 0.486 e. The van der Waals surface area contributed by atoms with Gasteiger partial charge in [0.1, 0.15) is 5.69 Å². The molecule has 2 aromatic heterocycles. The Morgan fingerprint density at radius 1 is 1.56 bits per heavy atom. The lowest BCUT2D eigenvalue weighted by Crippen LogP contribution is -2.24. The van der Waals surface area contributed by atoms with E-state index >= 15 is 0 Å². The lowest BCUT2D eigenvalue weighted by molar-refractivity contribution is 0.258. The molecular weight excluding hydrogens is 280 g/mol. The minimum absolute atomic E-state index is 0.220. The van der Waals surface area contributed by atoms with Crippen LogP contribution in [0.25, 0.3) is 11.3 Å². The highest BCUT2D eigenvalue weighted by Crippen LogP contribution is 2.36. The van der Waals surface area contributed by atoms with Crippen LogP contribution in [0.3, 0.4) is 0 Å². The molecule has 0 unspecified atom stereocenters. The van der Waals surface area contributed by atoms with Crippen molar-refractivity contribution in [2.24, 2.45) is 0 Å². The van der Waals surface area contributed by atoms with E-state index < -0.39 is 14.9 Å². The maximum absolute atomic E-state index is 10.5. The number of phosphoric acid groups is 1. The van der Waals surface area contributed by atoms with Crippen LogP contribution in [0, 0.1) is 0 Å². The van der Waals surface area contributed by atoms with Crippen molar-refractivity contribution >= 4 is 26.3 Å². The molecule has 0 spiro atoms. The van der Waals surface area contributed by atoms with Gasteiger partial charge in [0.25, 0.3) is 0 Å². The minimum Gasteiger partial charge on any atom is -0.425 e. The maximum atomic E-state index is 10.5. The first-order chi connectivity index (χ1) is 8.44. The van der Waals surface area contributed by atoms with Gasteiger partial charge in [0.2, 0.25) is 0 Å². The number of thiophene rings is 1. The largest absolute Gasteiger partial charge is 0.486 e. The second-order valence-corrected chi connectivity index (χ2v) is 5.36. The van der Waals surface area contributed by atoms with Crippen molar-refractivity contribution in [1.29, 1.82) is 0 Å². The molecule has 2 rings (SSSR count). The van der Waals surface area contributed by atoms with Gasteiger partial charge in [0.05, 0.1) is 12.6 Å². The molecule has 0 saturated carbocycles. The van der Waals surface area contributed by atoms with Crippen LogP contribution in [0.15, 0.2) is 23.0 Å². The predicted octanol–water partition coefficient (Wildman–Crippen LogP) is 0.136. The fraction of sp³-hybridized carbons (Fsp3) is 0.143. The zero-order valence-corrected chi connectivity index (χ0v) is 10.7. The van der Waals surface area contributed by atoms with Crippen molar-refractivity contribution in [2.45, 2.75) is 6.44 Å². The number of aromatic nitrogens is 3. The van der Waals surface area contributed by atoms with Crippen molar-refractivity contribution in [2.75, 3.05) is 0 Å². The highest BCUT2D eigenvalue weighted by molar-refractivity contribution is 7.47. The lowest BCUT2D eigenvalue weighted by atomic mass is 9.93. The average molecular weight is 289 g/mol. The molecule has 0 saturated heterocycles. The van der Waals surface area contributed by atoms with Gasteiger partial charge in [0, 0.05) is 10.9 Å². The van der Waals surface area contributed by atoms with E-state index in [4.69, 9.17) is 9.79 Å². The van der Waals surface area contributed by atoms with Gasteiger partial charge in [0.15, 0.2) is 0 Å². The topological polar surface area (TPSA) is 118 Å². The second-order valence-electron chi connectivity index (χ2n) is 3.39. The Bertz CT molecular complexity index is 555. The zero-order valence-electron chi connectivity index (χ0n) is 8.95. The summed E-state index contributed by atoms with van der Waals surface area (Å²) in [7, 11) is -6.36. The Morgan fingerprint density at radius 3 is 2.94 bits per heavy atom. The van der Waals surface area contributed by atoms with Crippen LogP contribution < -0.4 is 0 Å². The van der Waals surface area contributed by atoms with Gasteiger partial charge >= 0.3 is 14.9 Å². The van der Waals surface area contributed by atoms with E-state index in [2.05, 4.69) is 14.8 Å². The molecule has 0 aliphatic heterocycles. The van der Waals surface area contributed by atoms with Crippen molar-refractivity contribution in [3.8, 4) is 11.3 Å². The van der Waals surface area contributed by atoms with Crippen LogP contribution in [-0.4, -0.2) is 36.9 Å². The highest BCUT2D eigenvalue weighted by Gasteiger charge is 2.26. The van der Waals surface area contributed by atoms with Crippen LogP contribution in [-0.2, 0) is 15.5 Å². The van der Waals surface area contributed by atoms with E-state index in [-0.39, 0.29) is 6.44 Å². The molecule has 18 heavy (non-hydrogen) atoms. The van der Waals surface area contributed by atoms with E-state index in [1.807, 2.05) is 16.8 Å². The predicted molar refractivity (Wildman–Crippen MR) is 64.4 cm³/mol. The summed E-state index contributed by atoms with van der Waals surface area (Å²) in [5, 5.41) is 20.6. The van der Waals surface area contributed by atoms with Crippen LogP contribution in [0.4, 0.5) is 0 Å². The smallest absolute Gasteiger partial charge is 0.425 e. The molecule has 0 fully saturated rings. The van der Waals surface area contributed by atoms with Crippen LogP contribution in [0.1, 0.15) is 0 Å². The summed E-state index contributed by atoms with van der Waals surface area (Å²) in [6.45, 7) is 0. The highest BCUT2D eigenvalue weighted by atomic mass is 32.1. The van der Waals surface area contributed by atoms with Gasteiger partial charge in [-0.05, 0) is 11.4 Å². The van der Waals surface area contributed by atoms with Crippen molar-refractivity contribution in [3.05, 3.63) is 23.0 Å². The fourth-order valence-corrected chi connectivity index (χ4v) is 2.32. The SMILES string of the molecule is O=P(O)(O)OB(O)Cn1cc(-c2ccsc2)nn1. The molecule has 3 N–H and O–H groups in total. The molecule has 0 aliphatic carbocycles. The Kier molecular flexibility index (Phi) is 3.95. The molecule has 0 bridgehead atoms. The number of nitrogens with zero attached hydrogens (tertiary/aromatic N) is 3. The third-order valence-corrected chi connectivity index (χ3v) is 3.16. The minimum atomic E-state index is -4.71. The molecule has 0 atom stereocenters. The van der Waals surface area contributed by atoms with E-state index in [0.717, 1.165) is 5.56 Å². The third-order valence-electron chi connectivity index (χ3n) is 1.96. The lowest BCUT2D eigenvalue weighted by Gasteiger charge is -2.07. The van der Waals surface area contributed by atoms with Gasteiger partial charge in [-0.1, -0.05) is 5.21 Å². The van der Waals surface area contributed by atoms with Crippen molar-refractivity contribution in [1.82, 2.24) is 15.0 Å². The Labute approximate surface area is 106 Å². The Hall–Kier alpha value is -1.03.